The number of hydrogen-bond acceptors (Lipinski definition) is 1. The van der Waals surface area contributed by atoms with Crippen LogP contribution in [-0.2, 0) is 0 Å². The molecule has 0 saturated heterocycles. The van der Waals surface area contributed by atoms with Crippen LogP contribution in [0.4, 0.5) is 0 Å². The van der Waals surface area contributed by atoms with Gasteiger partial charge in [-0.1, -0.05) is 42.4 Å². The molecular weight excluding hydrogens is 218 g/mol. The Bertz CT molecular complexity index is 380. The van der Waals surface area contributed by atoms with Crippen LogP contribution in [0.3, 0.4) is 0 Å². The predicted molar refractivity (Wildman–Crippen MR) is 69.9 cm³/mol. The largest absolute Gasteiger partial charge is 0.309 e. The van der Waals surface area contributed by atoms with Gasteiger partial charge in [-0.05, 0) is 36.8 Å². The molecule has 0 unspecified atom stereocenters. The molecule has 0 spiro atoms. The third kappa shape index (κ3) is 2.66. The van der Waals surface area contributed by atoms with Gasteiger partial charge in [0.1, 0.15) is 0 Å². The molecule has 86 valence electrons. The van der Waals surface area contributed by atoms with Crippen LogP contribution in [0.15, 0.2) is 35.9 Å². The molecular formula is C14H18ClN. The van der Waals surface area contributed by atoms with Gasteiger partial charge in [-0.2, -0.15) is 0 Å². The maximum absolute atomic E-state index is 5.72. The van der Waals surface area contributed by atoms with Crippen LogP contribution in [0.2, 0.25) is 0 Å². The fraction of sp³-hybridized carbons (Fsp3) is 0.429. The summed E-state index contributed by atoms with van der Waals surface area (Å²) in [4.78, 5) is 0. The fourth-order valence-electron chi connectivity index (χ4n) is 2.34. The van der Waals surface area contributed by atoms with Gasteiger partial charge in [-0.25, -0.2) is 0 Å². The molecule has 1 nitrogen and oxygen atoms in total. The smallest absolute Gasteiger partial charge is 0.0310 e. The van der Waals surface area contributed by atoms with E-state index in [-0.39, 0.29) is 0 Å². The molecule has 1 saturated carbocycles. The van der Waals surface area contributed by atoms with E-state index in [4.69, 9.17) is 11.6 Å². The highest BCUT2D eigenvalue weighted by Gasteiger charge is 2.30. The monoisotopic (exact) mass is 235 g/mol. The summed E-state index contributed by atoms with van der Waals surface area (Å²) in [5.74, 6) is 0.724. The zero-order chi connectivity index (χ0) is 11.5. The summed E-state index contributed by atoms with van der Waals surface area (Å²) in [5.41, 5.74) is 2.91. The lowest BCUT2D eigenvalue weighted by molar-refractivity contribution is 0.298. The van der Waals surface area contributed by atoms with E-state index in [0.29, 0.717) is 11.1 Å². The Labute approximate surface area is 103 Å². The molecule has 1 aromatic carbocycles. The second-order valence-corrected chi connectivity index (χ2v) is 5.15. The molecule has 0 aliphatic heterocycles. The predicted octanol–water partition coefficient (Wildman–Crippen LogP) is 3.58. The minimum atomic E-state index is 0.611. The molecule has 2 heteroatoms. The number of aryl methyl sites for hydroxylation is 1. The molecule has 1 N–H and O–H groups in total. The van der Waals surface area contributed by atoms with E-state index in [0.717, 1.165) is 12.5 Å². The topological polar surface area (TPSA) is 12.0 Å². The van der Waals surface area contributed by atoms with Gasteiger partial charge < -0.3 is 5.32 Å². The molecule has 0 bridgehead atoms. The molecule has 16 heavy (non-hydrogen) atoms. The maximum atomic E-state index is 5.72. The van der Waals surface area contributed by atoms with Gasteiger partial charge in [0.15, 0.2) is 0 Å². The van der Waals surface area contributed by atoms with Crippen molar-refractivity contribution in [2.45, 2.75) is 31.7 Å². The van der Waals surface area contributed by atoms with Crippen molar-refractivity contribution in [2.24, 2.45) is 0 Å². The van der Waals surface area contributed by atoms with E-state index < -0.39 is 0 Å². The van der Waals surface area contributed by atoms with E-state index >= 15 is 0 Å². The summed E-state index contributed by atoms with van der Waals surface area (Å²) in [6.45, 7) is 6.60. The molecule has 1 aliphatic rings. The van der Waals surface area contributed by atoms with Crippen molar-refractivity contribution >= 4 is 11.6 Å². The minimum absolute atomic E-state index is 0.611. The minimum Gasteiger partial charge on any atom is -0.309 e. The molecule has 0 radical (unpaired) electrons. The number of hydrogen-bond donors (Lipinski definition) is 1. The SMILES string of the molecule is C=C(Cl)CNC1CC(c2ccccc2C)C1. The molecule has 2 rings (SSSR count). The van der Waals surface area contributed by atoms with E-state index in [1.807, 2.05) is 0 Å². The van der Waals surface area contributed by atoms with Gasteiger partial charge in [0, 0.05) is 17.6 Å². The Kier molecular flexibility index (Phi) is 3.67. The zero-order valence-corrected chi connectivity index (χ0v) is 10.4. The zero-order valence-electron chi connectivity index (χ0n) is 9.67. The Balaban J connectivity index is 1.84. The van der Waals surface area contributed by atoms with Crippen molar-refractivity contribution < 1.29 is 0 Å². The van der Waals surface area contributed by atoms with Crippen LogP contribution in [0.5, 0.6) is 0 Å². The molecule has 0 atom stereocenters. The molecule has 1 aliphatic carbocycles. The average Bonchev–Trinajstić information content (AvgIpc) is 2.17. The van der Waals surface area contributed by atoms with Crippen molar-refractivity contribution in [2.75, 3.05) is 6.54 Å². The van der Waals surface area contributed by atoms with Gasteiger partial charge >= 0.3 is 0 Å². The summed E-state index contributed by atoms with van der Waals surface area (Å²) < 4.78 is 0. The van der Waals surface area contributed by atoms with Crippen molar-refractivity contribution in [1.82, 2.24) is 5.32 Å². The van der Waals surface area contributed by atoms with Gasteiger partial charge in [0.25, 0.3) is 0 Å². The number of halogens is 1. The van der Waals surface area contributed by atoms with E-state index in [2.05, 4.69) is 43.1 Å². The Morgan fingerprint density at radius 2 is 2.12 bits per heavy atom. The van der Waals surface area contributed by atoms with Crippen LogP contribution in [0.25, 0.3) is 0 Å². The summed E-state index contributed by atoms with van der Waals surface area (Å²) in [5, 5.41) is 4.10. The summed E-state index contributed by atoms with van der Waals surface area (Å²) in [6, 6.07) is 9.28. The van der Waals surface area contributed by atoms with Crippen LogP contribution in [0.1, 0.15) is 29.9 Å². The van der Waals surface area contributed by atoms with Crippen LogP contribution in [-0.4, -0.2) is 12.6 Å². The van der Waals surface area contributed by atoms with Crippen molar-refractivity contribution in [3.63, 3.8) is 0 Å². The Morgan fingerprint density at radius 3 is 2.75 bits per heavy atom. The molecule has 1 aromatic rings. The van der Waals surface area contributed by atoms with E-state index in [9.17, 15) is 0 Å². The third-order valence-electron chi connectivity index (χ3n) is 3.35. The van der Waals surface area contributed by atoms with Crippen molar-refractivity contribution in [1.29, 1.82) is 0 Å². The first kappa shape index (κ1) is 11.7. The lowest BCUT2D eigenvalue weighted by Gasteiger charge is -2.37. The second kappa shape index (κ2) is 5.03. The van der Waals surface area contributed by atoms with Gasteiger partial charge in [0.05, 0.1) is 0 Å². The standard InChI is InChI=1S/C14H18ClN/c1-10-5-3-4-6-14(10)12-7-13(8-12)16-9-11(2)15/h3-6,12-13,16H,2,7-9H2,1H3. The van der Waals surface area contributed by atoms with Gasteiger partial charge in [0.2, 0.25) is 0 Å². The van der Waals surface area contributed by atoms with E-state index in [1.165, 1.54) is 24.0 Å². The van der Waals surface area contributed by atoms with Crippen molar-refractivity contribution in [3.8, 4) is 0 Å². The van der Waals surface area contributed by atoms with Gasteiger partial charge in [-0.3, -0.25) is 0 Å². The molecule has 0 heterocycles. The second-order valence-electron chi connectivity index (χ2n) is 4.62. The summed E-state index contributed by atoms with van der Waals surface area (Å²) in [6.07, 6.45) is 2.43. The number of benzene rings is 1. The highest BCUT2D eigenvalue weighted by Crippen LogP contribution is 2.38. The quantitative estimate of drug-likeness (QED) is 0.841. The lowest BCUT2D eigenvalue weighted by atomic mass is 9.74. The summed E-state index contributed by atoms with van der Waals surface area (Å²) in [7, 11) is 0. The first-order valence-electron chi connectivity index (χ1n) is 5.79. The van der Waals surface area contributed by atoms with Crippen LogP contribution < -0.4 is 5.32 Å². The Morgan fingerprint density at radius 1 is 1.44 bits per heavy atom. The van der Waals surface area contributed by atoms with Crippen molar-refractivity contribution in [3.05, 3.63) is 47.0 Å². The number of rotatable bonds is 4. The highest BCUT2D eigenvalue weighted by atomic mass is 35.5. The van der Waals surface area contributed by atoms with Crippen LogP contribution in [0, 0.1) is 6.92 Å². The summed E-state index contributed by atoms with van der Waals surface area (Å²) >= 11 is 5.72. The number of nitrogens with one attached hydrogen (secondary N) is 1. The average molecular weight is 236 g/mol. The first-order chi connectivity index (χ1) is 7.66. The lowest BCUT2D eigenvalue weighted by Crippen LogP contribution is -2.40. The Hall–Kier alpha value is -0.790. The van der Waals surface area contributed by atoms with Gasteiger partial charge in [-0.15, -0.1) is 0 Å². The van der Waals surface area contributed by atoms with Crippen LogP contribution >= 0.6 is 11.6 Å². The first-order valence-corrected chi connectivity index (χ1v) is 6.17. The normalized spacial score (nSPS) is 23.9. The molecule has 0 amide bonds. The molecule has 1 fully saturated rings. The fourth-order valence-corrected chi connectivity index (χ4v) is 2.42. The molecule has 0 aromatic heterocycles. The van der Waals surface area contributed by atoms with E-state index in [1.54, 1.807) is 0 Å². The third-order valence-corrected chi connectivity index (χ3v) is 3.48. The highest BCUT2D eigenvalue weighted by molar-refractivity contribution is 6.29. The maximum Gasteiger partial charge on any atom is 0.0310 e.